The summed E-state index contributed by atoms with van der Waals surface area (Å²) >= 11 is 1.74. The van der Waals surface area contributed by atoms with Gasteiger partial charge in [-0.05, 0) is 42.4 Å². The zero-order valence-electron chi connectivity index (χ0n) is 15.6. The molecule has 0 fully saturated rings. The van der Waals surface area contributed by atoms with Crippen LogP contribution in [0.4, 0.5) is 5.69 Å². The van der Waals surface area contributed by atoms with E-state index in [9.17, 15) is 4.79 Å². The van der Waals surface area contributed by atoms with Gasteiger partial charge in [-0.2, -0.15) is 0 Å². The lowest BCUT2D eigenvalue weighted by Crippen LogP contribution is -3.08. The number of nitrogens with one attached hydrogen (secondary N) is 2. The van der Waals surface area contributed by atoms with Crippen molar-refractivity contribution < 1.29 is 9.69 Å². The van der Waals surface area contributed by atoms with Crippen molar-refractivity contribution in [1.82, 2.24) is 0 Å². The molecule has 2 aromatic rings. The lowest BCUT2D eigenvalue weighted by Gasteiger charge is -2.17. The number of carbonyl (C=O) groups is 1. The van der Waals surface area contributed by atoms with E-state index < -0.39 is 0 Å². The van der Waals surface area contributed by atoms with Crippen molar-refractivity contribution in [1.29, 1.82) is 0 Å². The summed E-state index contributed by atoms with van der Waals surface area (Å²) in [5.74, 6) is 0.505. The summed E-state index contributed by atoms with van der Waals surface area (Å²) in [4.78, 5) is 14.9. The summed E-state index contributed by atoms with van der Waals surface area (Å²) in [6.07, 6.45) is 3.14. The molecule has 0 heterocycles. The van der Waals surface area contributed by atoms with E-state index in [0.717, 1.165) is 18.7 Å². The van der Waals surface area contributed by atoms with Gasteiger partial charge >= 0.3 is 0 Å². The monoisotopic (exact) mass is 357 g/mol. The third-order valence-corrected chi connectivity index (χ3v) is 5.25. The van der Waals surface area contributed by atoms with Crippen LogP contribution in [0.25, 0.3) is 0 Å². The van der Waals surface area contributed by atoms with Crippen molar-refractivity contribution in [3.63, 3.8) is 0 Å². The highest BCUT2D eigenvalue weighted by Crippen LogP contribution is 2.26. The number of thioether (sulfide) groups is 1. The Morgan fingerprint density at radius 3 is 2.48 bits per heavy atom. The Balaban J connectivity index is 1.93. The van der Waals surface area contributed by atoms with Crippen molar-refractivity contribution >= 4 is 23.4 Å². The van der Waals surface area contributed by atoms with Gasteiger partial charge in [0.2, 0.25) is 0 Å². The fourth-order valence-corrected chi connectivity index (χ4v) is 3.29. The average Bonchev–Trinajstić information content (AvgIpc) is 2.62. The number of amides is 1. The predicted octanol–water partition coefficient (Wildman–Crippen LogP) is 3.58. The van der Waals surface area contributed by atoms with E-state index in [1.807, 2.05) is 18.2 Å². The molecule has 3 nitrogen and oxygen atoms in total. The molecule has 2 atom stereocenters. The van der Waals surface area contributed by atoms with Crippen LogP contribution in [-0.2, 0) is 11.3 Å². The first-order valence-corrected chi connectivity index (χ1v) is 10.1. The van der Waals surface area contributed by atoms with Crippen molar-refractivity contribution in [3.8, 4) is 0 Å². The molecule has 2 aromatic carbocycles. The Morgan fingerprint density at radius 1 is 1.16 bits per heavy atom. The fourth-order valence-electron chi connectivity index (χ4n) is 2.88. The highest BCUT2D eigenvalue weighted by Gasteiger charge is 2.14. The summed E-state index contributed by atoms with van der Waals surface area (Å²) in [6.45, 7) is 5.67. The molecule has 1 amide bonds. The Kier molecular flexibility index (Phi) is 7.53. The molecule has 0 aliphatic heterocycles. The first-order chi connectivity index (χ1) is 12.0. The first kappa shape index (κ1) is 19.5. The minimum Gasteiger partial charge on any atom is -0.326 e. The van der Waals surface area contributed by atoms with Gasteiger partial charge in [-0.1, -0.05) is 44.2 Å². The number of quaternary nitrogens is 1. The number of anilines is 1. The summed E-state index contributed by atoms with van der Waals surface area (Å²) in [6, 6.07) is 16.7. The number of likely N-dealkylation sites (N-methyl/N-ethyl adjacent to an activating group) is 1. The van der Waals surface area contributed by atoms with Crippen LogP contribution in [0.1, 0.15) is 37.3 Å². The topological polar surface area (TPSA) is 33.5 Å². The first-order valence-electron chi connectivity index (χ1n) is 8.86. The largest absolute Gasteiger partial charge is 0.326 e. The van der Waals surface area contributed by atoms with Crippen LogP contribution >= 0.6 is 11.8 Å². The molecule has 2 N–H and O–H groups in total. The smallest absolute Gasteiger partial charge is 0.279 e. The van der Waals surface area contributed by atoms with E-state index in [4.69, 9.17) is 0 Å². The maximum Gasteiger partial charge on any atom is 0.279 e. The molecular formula is C21H29N2OS+. The van der Waals surface area contributed by atoms with Gasteiger partial charge in [-0.25, -0.2) is 0 Å². The van der Waals surface area contributed by atoms with E-state index in [0.29, 0.717) is 12.5 Å². The van der Waals surface area contributed by atoms with Crippen LogP contribution in [0.2, 0.25) is 0 Å². The predicted molar refractivity (Wildman–Crippen MR) is 107 cm³/mol. The minimum absolute atomic E-state index is 0.0639. The zero-order valence-corrected chi connectivity index (χ0v) is 16.5. The highest BCUT2D eigenvalue weighted by atomic mass is 32.2. The minimum atomic E-state index is 0.0639. The van der Waals surface area contributed by atoms with E-state index in [2.05, 4.69) is 62.8 Å². The third-order valence-electron chi connectivity index (χ3n) is 4.51. The second-order valence-corrected chi connectivity index (χ2v) is 7.48. The van der Waals surface area contributed by atoms with Gasteiger partial charge in [0.15, 0.2) is 6.54 Å². The standard InChI is InChI=1S/C21H28N2OS/c1-5-16(2)19-8-6-7-9-20(19)22-21(24)15-23(3)14-17-10-12-18(25-4)13-11-17/h6-13,16H,5,14-15H2,1-4H3,(H,22,24)/p+1/t16-/m0/s1. The molecule has 0 spiro atoms. The zero-order chi connectivity index (χ0) is 18.2. The molecule has 0 aliphatic carbocycles. The maximum atomic E-state index is 12.4. The molecular weight excluding hydrogens is 328 g/mol. The number of benzene rings is 2. The van der Waals surface area contributed by atoms with Gasteiger partial charge in [0, 0.05) is 16.1 Å². The Labute approximate surface area is 155 Å². The SMILES string of the molecule is CC[C@H](C)c1ccccc1NC(=O)C[NH+](C)Cc1ccc(SC)cc1. The maximum absolute atomic E-state index is 12.4. The van der Waals surface area contributed by atoms with Gasteiger partial charge in [0.1, 0.15) is 6.54 Å². The molecule has 134 valence electrons. The molecule has 0 aliphatic rings. The number of rotatable bonds is 8. The summed E-state index contributed by atoms with van der Waals surface area (Å²) in [5, 5.41) is 3.10. The van der Waals surface area contributed by atoms with Gasteiger partial charge in [0.05, 0.1) is 7.05 Å². The molecule has 0 saturated carbocycles. The van der Waals surface area contributed by atoms with Crippen LogP contribution < -0.4 is 10.2 Å². The van der Waals surface area contributed by atoms with Crippen molar-refractivity contribution in [2.24, 2.45) is 0 Å². The normalized spacial score (nSPS) is 13.3. The molecule has 1 unspecified atom stereocenters. The van der Waals surface area contributed by atoms with Crippen LogP contribution in [0.15, 0.2) is 53.4 Å². The van der Waals surface area contributed by atoms with Gasteiger partial charge in [-0.3, -0.25) is 4.79 Å². The van der Waals surface area contributed by atoms with E-state index in [-0.39, 0.29) is 5.91 Å². The Bertz CT molecular complexity index is 685. The fraction of sp³-hybridized carbons (Fsp3) is 0.381. The van der Waals surface area contributed by atoms with Crippen molar-refractivity contribution in [3.05, 3.63) is 59.7 Å². The third kappa shape index (κ3) is 5.91. The molecule has 4 heteroatoms. The van der Waals surface area contributed by atoms with E-state index in [1.165, 1.54) is 20.9 Å². The number of para-hydroxylation sites is 1. The van der Waals surface area contributed by atoms with Gasteiger partial charge in [-0.15, -0.1) is 11.8 Å². The van der Waals surface area contributed by atoms with Crippen molar-refractivity contribution in [2.75, 3.05) is 25.2 Å². The Hall–Kier alpha value is -1.78. The van der Waals surface area contributed by atoms with Crippen LogP contribution in [-0.4, -0.2) is 25.8 Å². The van der Waals surface area contributed by atoms with Crippen LogP contribution in [0.5, 0.6) is 0 Å². The second-order valence-electron chi connectivity index (χ2n) is 6.60. The van der Waals surface area contributed by atoms with Gasteiger partial charge < -0.3 is 10.2 Å². The molecule has 0 radical (unpaired) electrons. The summed E-state index contributed by atoms with van der Waals surface area (Å²) in [5.41, 5.74) is 3.41. The lowest BCUT2D eigenvalue weighted by atomic mass is 9.97. The van der Waals surface area contributed by atoms with Crippen molar-refractivity contribution in [2.45, 2.75) is 37.6 Å². The number of hydrogen-bond acceptors (Lipinski definition) is 2. The Morgan fingerprint density at radius 2 is 1.84 bits per heavy atom. The van der Waals surface area contributed by atoms with Crippen LogP contribution in [0.3, 0.4) is 0 Å². The van der Waals surface area contributed by atoms with Crippen LogP contribution in [0, 0.1) is 0 Å². The van der Waals surface area contributed by atoms with E-state index in [1.54, 1.807) is 11.8 Å². The molecule has 25 heavy (non-hydrogen) atoms. The molecule has 0 saturated heterocycles. The molecule has 0 aromatic heterocycles. The average molecular weight is 358 g/mol. The lowest BCUT2D eigenvalue weighted by molar-refractivity contribution is -0.885. The summed E-state index contributed by atoms with van der Waals surface area (Å²) in [7, 11) is 2.06. The van der Waals surface area contributed by atoms with E-state index >= 15 is 0 Å². The highest BCUT2D eigenvalue weighted by molar-refractivity contribution is 7.98. The quantitative estimate of drug-likeness (QED) is 0.708. The molecule has 0 bridgehead atoms. The summed E-state index contributed by atoms with van der Waals surface area (Å²) < 4.78 is 0. The number of carbonyl (C=O) groups excluding carboxylic acids is 1. The molecule has 2 rings (SSSR count). The second kappa shape index (κ2) is 9.64. The van der Waals surface area contributed by atoms with Gasteiger partial charge in [0.25, 0.3) is 5.91 Å². The number of hydrogen-bond donors (Lipinski definition) is 2.